The molecule has 0 aromatic heterocycles. The maximum Gasteiger partial charge on any atom is 0.494 e. The minimum atomic E-state index is -1.91. The lowest BCUT2D eigenvalue weighted by atomic mass is 9.79. The van der Waals surface area contributed by atoms with Crippen LogP contribution in [0.3, 0.4) is 0 Å². The number of ether oxygens (including phenoxy) is 2. The monoisotopic (exact) mass is 452 g/mol. The molecule has 2 heterocycles. The summed E-state index contributed by atoms with van der Waals surface area (Å²) in [7, 11) is -2.23. The zero-order chi connectivity index (χ0) is 23.0. The van der Waals surface area contributed by atoms with E-state index in [-0.39, 0.29) is 24.6 Å². The summed E-state index contributed by atoms with van der Waals surface area (Å²) in [5.74, 6) is 0. The van der Waals surface area contributed by atoms with Crippen LogP contribution in [0.15, 0.2) is 48.5 Å². The van der Waals surface area contributed by atoms with E-state index in [1.807, 2.05) is 0 Å². The van der Waals surface area contributed by atoms with Crippen molar-refractivity contribution in [2.75, 3.05) is 6.61 Å². The van der Waals surface area contributed by atoms with E-state index in [9.17, 15) is 0 Å². The molecular weight excluding hydrogens is 415 g/mol. The van der Waals surface area contributed by atoms with Crippen LogP contribution in [-0.4, -0.2) is 39.3 Å². The van der Waals surface area contributed by atoms with Gasteiger partial charge in [0.2, 0.25) is 0 Å². The Kier molecular flexibility index (Phi) is 6.72. The van der Waals surface area contributed by atoms with E-state index in [1.165, 1.54) is 22.4 Å². The first-order valence-corrected chi connectivity index (χ1v) is 14.9. The molecule has 0 amide bonds. The Balaban J connectivity index is 1.51. The highest BCUT2D eigenvalue weighted by atomic mass is 28.3. The van der Waals surface area contributed by atoms with Crippen LogP contribution < -0.4 is 15.8 Å². The van der Waals surface area contributed by atoms with Crippen molar-refractivity contribution in [3.8, 4) is 0 Å². The van der Waals surface area contributed by atoms with E-state index >= 15 is 0 Å². The van der Waals surface area contributed by atoms with Gasteiger partial charge in [0, 0.05) is 6.61 Å². The maximum atomic E-state index is 6.23. The summed E-state index contributed by atoms with van der Waals surface area (Å²) in [6.45, 7) is 14.6. The fourth-order valence-corrected chi connectivity index (χ4v) is 7.25. The molecule has 2 aliphatic heterocycles. The zero-order valence-corrected chi connectivity index (χ0v) is 21.4. The smallest absolute Gasteiger partial charge is 0.399 e. The lowest BCUT2D eigenvalue weighted by Gasteiger charge is -2.32. The topological polar surface area (TPSA) is 36.9 Å². The van der Waals surface area contributed by atoms with Crippen molar-refractivity contribution in [1.29, 1.82) is 0 Å². The maximum absolute atomic E-state index is 6.23. The molecular formula is C26H37BO4Si. The first kappa shape index (κ1) is 23.7. The predicted molar refractivity (Wildman–Crippen MR) is 134 cm³/mol. The van der Waals surface area contributed by atoms with Gasteiger partial charge in [-0.3, -0.25) is 0 Å². The second-order valence-corrected chi connectivity index (χ2v) is 15.0. The van der Waals surface area contributed by atoms with Crippen LogP contribution in [0.5, 0.6) is 0 Å². The van der Waals surface area contributed by atoms with Gasteiger partial charge in [-0.25, -0.2) is 0 Å². The van der Waals surface area contributed by atoms with Gasteiger partial charge in [0.25, 0.3) is 0 Å². The van der Waals surface area contributed by atoms with Crippen LogP contribution >= 0.6 is 0 Å². The molecule has 2 aromatic rings. The molecule has 4 rings (SSSR count). The third kappa shape index (κ3) is 4.75. The molecule has 2 saturated heterocycles. The summed E-state index contributed by atoms with van der Waals surface area (Å²) in [6.07, 6.45) is 3.24. The lowest BCUT2D eigenvalue weighted by molar-refractivity contribution is -0.168. The zero-order valence-electron chi connectivity index (χ0n) is 20.4. The van der Waals surface area contributed by atoms with Crippen molar-refractivity contribution in [2.24, 2.45) is 0 Å². The van der Waals surface area contributed by atoms with E-state index < -0.39 is 8.07 Å². The van der Waals surface area contributed by atoms with E-state index in [0.717, 1.165) is 24.9 Å². The quantitative estimate of drug-likeness (QED) is 0.624. The molecule has 4 nitrogen and oxygen atoms in total. The molecule has 2 fully saturated rings. The SMILES string of the molecule is CC1(C)OB(c2ccc([Si](C)(C)c3ccccc3COC3CCCCO3)cc2)OC1(C)C. The first-order chi connectivity index (χ1) is 15.1. The molecule has 0 aliphatic carbocycles. The van der Waals surface area contributed by atoms with Gasteiger partial charge >= 0.3 is 7.12 Å². The molecule has 172 valence electrons. The highest BCUT2D eigenvalue weighted by Crippen LogP contribution is 2.36. The summed E-state index contributed by atoms with van der Waals surface area (Å²) >= 11 is 0. The third-order valence-electron chi connectivity index (χ3n) is 7.41. The Labute approximate surface area is 194 Å². The molecule has 0 saturated carbocycles. The van der Waals surface area contributed by atoms with Crippen LogP contribution in [-0.2, 0) is 25.4 Å². The Bertz CT molecular complexity index is 904. The number of hydrogen-bond acceptors (Lipinski definition) is 4. The summed E-state index contributed by atoms with van der Waals surface area (Å²) < 4.78 is 24.4. The fourth-order valence-electron chi connectivity index (χ4n) is 4.47. The summed E-state index contributed by atoms with van der Waals surface area (Å²) in [5.41, 5.74) is 1.69. The molecule has 6 heteroatoms. The lowest BCUT2D eigenvalue weighted by Crippen LogP contribution is -2.54. The van der Waals surface area contributed by atoms with E-state index in [2.05, 4.69) is 89.3 Å². The average molecular weight is 452 g/mol. The molecule has 0 spiro atoms. The van der Waals surface area contributed by atoms with Crippen LogP contribution in [0.4, 0.5) is 0 Å². The van der Waals surface area contributed by atoms with E-state index in [1.54, 1.807) is 0 Å². The first-order valence-electron chi connectivity index (χ1n) is 11.9. The van der Waals surface area contributed by atoms with Crippen molar-refractivity contribution in [1.82, 2.24) is 0 Å². The van der Waals surface area contributed by atoms with Gasteiger partial charge < -0.3 is 18.8 Å². The van der Waals surface area contributed by atoms with Crippen molar-refractivity contribution >= 4 is 31.0 Å². The van der Waals surface area contributed by atoms with Crippen LogP contribution in [0.2, 0.25) is 13.1 Å². The van der Waals surface area contributed by atoms with Crippen LogP contribution in [0, 0.1) is 0 Å². The van der Waals surface area contributed by atoms with Crippen molar-refractivity contribution in [2.45, 2.75) is 84.2 Å². The molecule has 0 bridgehead atoms. The largest absolute Gasteiger partial charge is 0.494 e. The molecule has 1 atom stereocenters. The average Bonchev–Trinajstić information content (AvgIpc) is 3.00. The molecule has 0 radical (unpaired) electrons. The number of hydrogen-bond donors (Lipinski definition) is 0. The second kappa shape index (κ2) is 9.07. The van der Waals surface area contributed by atoms with Gasteiger partial charge in [-0.2, -0.15) is 0 Å². The molecule has 1 unspecified atom stereocenters. The minimum Gasteiger partial charge on any atom is -0.399 e. The van der Waals surface area contributed by atoms with Gasteiger partial charge in [0.1, 0.15) is 8.07 Å². The Morgan fingerprint density at radius 3 is 2.22 bits per heavy atom. The predicted octanol–water partition coefficient (Wildman–Crippen LogP) is 3.85. The Hall–Kier alpha value is -1.44. The number of rotatable bonds is 6. The Morgan fingerprint density at radius 1 is 0.938 bits per heavy atom. The van der Waals surface area contributed by atoms with Gasteiger partial charge in [-0.05, 0) is 63.2 Å². The minimum absolute atomic E-state index is 0.0687. The highest BCUT2D eigenvalue weighted by molar-refractivity contribution is 7.00. The van der Waals surface area contributed by atoms with Gasteiger partial charge in [-0.15, -0.1) is 0 Å². The highest BCUT2D eigenvalue weighted by Gasteiger charge is 2.51. The van der Waals surface area contributed by atoms with Crippen molar-refractivity contribution in [3.63, 3.8) is 0 Å². The fraction of sp³-hybridized carbons (Fsp3) is 0.538. The summed E-state index contributed by atoms with van der Waals surface area (Å²) in [4.78, 5) is 0. The van der Waals surface area contributed by atoms with Crippen molar-refractivity contribution < 1.29 is 18.8 Å². The molecule has 2 aliphatic rings. The standard InChI is InChI=1S/C26H37BO4Si/c1-25(2)26(3,4)31-27(30-25)21-14-16-22(17-15-21)32(5,6)23-12-8-7-11-20(23)19-29-24-13-9-10-18-28-24/h7-8,11-12,14-17,24H,9-10,13,18-19H2,1-6H3. The Morgan fingerprint density at radius 2 is 1.59 bits per heavy atom. The second-order valence-electron chi connectivity index (χ2n) is 10.6. The van der Waals surface area contributed by atoms with Crippen LogP contribution in [0.25, 0.3) is 0 Å². The third-order valence-corrected chi connectivity index (χ3v) is 11.0. The van der Waals surface area contributed by atoms with E-state index in [0.29, 0.717) is 6.61 Å². The summed E-state index contributed by atoms with van der Waals surface area (Å²) in [6, 6.07) is 17.6. The van der Waals surface area contributed by atoms with Crippen molar-refractivity contribution in [3.05, 3.63) is 54.1 Å². The number of benzene rings is 2. The molecule has 32 heavy (non-hydrogen) atoms. The van der Waals surface area contributed by atoms with Crippen LogP contribution in [0.1, 0.15) is 52.5 Å². The van der Waals surface area contributed by atoms with E-state index in [4.69, 9.17) is 18.8 Å². The molecule has 0 N–H and O–H groups in total. The summed E-state index contributed by atoms with van der Waals surface area (Å²) in [5, 5.41) is 2.80. The van der Waals surface area contributed by atoms with Gasteiger partial charge in [0.05, 0.1) is 17.8 Å². The van der Waals surface area contributed by atoms with Gasteiger partial charge in [0.15, 0.2) is 6.29 Å². The molecule has 2 aromatic carbocycles. The normalized spacial score (nSPS) is 22.8. The van der Waals surface area contributed by atoms with Gasteiger partial charge in [-0.1, -0.05) is 66.8 Å².